The molecular weight excluding hydrogens is 988 g/mol. The van der Waals surface area contributed by atoms with Gasteiger partial charge in [0.05, 0.1) is 39.0 Å². The fraction of sp³-hybridized carbons (Fsp3) is 0.162. The van der Waals surface area contributed by atoms with E-state index in [-0.39, 0.29) is 23.0 Å². The summed E-state index contributed by atoms with van der Waals surface area (Å²) < 4.78 is 10.5. The number of para-hydroxylation sites is 4. The van der Waals surface area contributed by atoms with Gasteiger partial charge in [-0.2, -0.15) is 0 Å². The summed E-state index contributed by atoms with van der Waals surface area (Å²) in [6.45, 7) is 16.9. The first-order valence-electron chi connectivity index (χ1n) is 28.7. The van der Waals surface area contributed by atoms with Gasteiger partial charge in [0.2, 0.25) is 0 Å². The van der Waals surface area contributed by atoms with Crippen LogP contribution in [0.2, 0.25) is 0 Å². The molecule has 80 heavy (non-hydrogen) atoms. The molecule has 0 radical (unpaired) electrons. The van der Waals surface area contributed by atoms with Crippen molar-refractivity contribution in [1.29, 1.82) is 0 Å². The van der Waals surface area contributed by atoms with E-state index in [2.05, 4.69) is 273 Å². The van der Waals surface area contributed by atoms with Crippen molar-refractivity contribution in [3.63, 3.8) is 0 Å². The number of fused-ring (bicyclic) bond motifs is 17. The first kappa shape index (κ1) is 46.3. The fourth-order valence-electron chi connectivity index (χ4n) is 14.9. The SMILES string of the molecule is CC(C)(C)c1ccc2sc3c(c2c1)N(c1ccc2c(c1)C(C)(C)CCC2(C)C)c1cc(-n2c4ccccc4c4ccccc42)cc2c1B3c1cc(-c3ccccc3)cc3c4ccc5c6ccccc6n(-c6ccccc6)c5c4n-2c13. The van der Waals surface area contributed by atoms with Crippen molar-refractivity contribution < 1.29 is 0 Å². The predicted molar refractivity (Wildman–Crippen MR) is 344 cm³/mol. The summed E-state index contributed by atoms with van der Waals surface area (Å²) in [5.41, 5.74) is 24.1. The zero-order valence-corrected chi connectivity index (χ0v) is 47.1. The van der Waals surface area contributed by atoms with E-state index in [0.29, 0.717) is 0 Å². The van der Waals surface area contributed by atoms with Gasteiger partial charge in [-0.3, -0.25) is 0 Å². The minimum atomic E-state index is -0.0691. The van der Waals surface area contributed by atoms with E-state index in [1.807, 2.05) is 11.3 Å². The predicted octanol–water partition coefficient (Wildman–Crippen LogP) is 18.1. The third kappa shape index (κ3) is 6.23. The van der Waals surface area contributed by atoms with Crippen LogP contribution in [-0.2, 0) is 16.2 Å². The Balaban J connectivity index is 1.11. The summed E-state index contributed by atoms with van der Waals surface area (Å²) in [6, 6.07) is 79.2. The average molecular weight is 1050 g/mol. The molecular formula is C74H59BN4S. The van der Waals surface area contributed by atoms with Crippen molar-refractivity contribution in [3.05, 3.63) is 223 Å². The molecule has 0 unspecified atom stereocenters. The highest BCUT2D eigenvalue weighted by Crippen LogP contribution is 2.53. The van der Waals surface area contributed by atoms with Crippen molar-refractivity contribution >= 4 is 126 Å². The van der Waals surface area contributed by atoms with Crippen LogP contribution in [0.4, 0.5) is 17.1 Å². The Labute approximate surface area is 470 Å². The lowest BCUT2D eigenvalue weighted by atomic mass is 9.36. The molecule has 3 aliphatic rings. The maximum Gasteiger partial charge on any atom is 0.264 e. The van der Waals surface area contributed by atoms with Gasteiger partial charge in [0.1, 0.15) is 0 Å². The van der Waals surface area contributed by atoms with Crippen LogP contribution in [0.5, 0.6) is 0 Å². The van der Waals surface area contributed by atoms with E-state index >= 15 is 0 Å². The monoisotopic (exact) mass is 1050 g/mol. The normalized spacial score (nSPS) is 15.2. The van der Waals surface area contributed by atoms with E-state index in [1.165, 1.54) is 148 Å². The van der Waals surface area contributed by atoms with Crippen LogP contribution in [0.1, 0.15) is 78.0 Å². The van der Waals surface area contributed by atoms with Crippen molar-refractivity contribution in [3.8, 4) is 28.2 Å². The van der Waals surface area contributed by atoms with Crippen LogP contribution in [0.15, 0.2) is 206 Å². The molecule has 0 bridgehead atoms. The Kier molecular flexibility index (Phi) is 9.30. The minimum absolute atomic E-state index is 0.00735. The molecule has 14 aromatic rings. The number of hydrogen-bond acceptors (Lipinski definition) is 2. The van der Waals surface area contributed by atoms with Crippen molar-refractivity contribution in [2.75, 3.05) is 4.90 Å². The Hall–Kier alpha value is -8.58. The van der Waals surface area contributed by atoms with E-state index in [1.54, 1.807) is 0 Å². The first-order valence-corrected chi connectivity index (χ1v) is 29.5. The molecule has 0 fully saturated rings. The smallest absolute Gasteiger partial charge is 0.264 e. The Morgan fingerprint density at radius 3 is 1.70 bits per heavy atom. The average Bonchev–Trinajstić information content (AvgIpc) is 2.56. The lowest BCUT2D eigenvalue weighted by molar-refractivity contribution is 0.332. The maximum atomic E-state index is 2.73. The lowest BCUT2D eigenvalue weighted by Gasteiger charge is -2.43. The first-order chi connectivity index (χ1) is 38.8. The Bertz CT molecular complexity index is 4950. The molecule has 384 valence electrons. The summed E-state index contributed by atoms with van der Waals surface area (Å²) in [5, 5.41) is 8.86. The molecule has 0 saturated carbocycles. The molecule has 4 nitrogen and oxygen atoms in total. The zero-order chi connectivity index (χ0) is 53.7. The molecule has 0 amide bonds. The number of anilines is 3. The molecule has 0 spiro atoms. The van der Waals surface area contributed by atoms with E-state index in [9.17, 15) is 0 Å². The topological polar surface area (TPSA) is 18.0 Å². The Morgan fingerprint density at radius 1 is 0.425 bits per heavy atom. The van der Waals surface area contributed by atoms with Crippen LogP contribution in [-0.4, -0.2) is 20.4 Å². The summed E-state index contributed by atoms with van der Waals surface area (Å²) in [4.78, 5) is 2.73. The molecule has 17 rings (SSSR count). The molecule has 6 heteroatoms. The number of aromatic nitrogens is 3. The van der Waals surface area contributed by atoms with Gasteiger partial charge in [-0.25, -0.2) is 0 Å². The van der Waals surface area contributed by atoms with Crippen LogP contribution in [0.25, 0.3) is 104 Å². The van der Waals surface area contributed by atoms with Crippen LogP contribution in [0, 0.1) is 0 Å². The standard InChI is InChI=1S/C74H59BN4S/c1-72(2,3)46-30-35-65-56(40-46)70-71(80-65)75-59-39-45(44-20-10-8-11-21-44)38-55-54-33-32-53-52-26-16-19-29-62(52)77(47-22-12-9-13-23-47)68(53)69(54)79(67(55)59)64-43-49(76-60-27-17-14-24-50(60)51-25-15-18-28-61(51)76)42-63(66(64)75)78(70)48-31-34-57-58(41-48)74(6,7)37-36-73(57,4)5/h8-35,38-43H,36-37H2,1-7H3. The highest BCUT2D eigenvalue weighted by atomic mass is 32.1. The van der Waals surface area contributed by atoms with Gasteiger partial charge in [-0.05, 0) is 141 Å². The number of benzene rings is 10. The van der Waals surface area contributed by atoms with E-state index in [4.69, 9.17) is 0 Å². The maximum absolute atomic E-state index is 2.73. The number of rotatable bonds is 4. The molecule has 10 aromatic carbocycles. The number of thiophene rings is 1. The van der Waals surface area contributed by atoms with Crippen LogP contribution < -0.4 is 20.6 Å². The molecule has 0 saturated heterocycles. The van der Waals surface area contributed by atoms with Gasteiger partial charge in [-0.15, -0.1) is 11.3 Å². The van der Waals surface area contributed by atoms with Crippen LogP contribution in [0.3, 0.4) is 0 Å². The molecule has 4 aromatic heterocycles. The van der Waals surface area contributed by atoms with Crippen LogP contribution >= 0.6 is 11.3 Å². The summed E-state index contributed by atoms with van der Waals surface area (Å²) >= 11 is 2.00. The second-order valence-electron chi connectivity index (χ2n) is 25.5. The highest BCUT2D eigenvalue weighted by Gasteiger charge is 2.46. The number of nitrogens with zero attached hydrogens (tertiary/aromatic N) is 4. The van der Waals surface area contributed by atoms with Crippen molar-refractivity contribution in [2.24, 2.45) is 0 Å². The van der Waals surface area contributed by atoms with E-state index < -0.39 is 0 Å². The largest absolute Gasteiger partial charge is 0.310 e. The van der Waals surface area contributed by atoms with Gasteiger partial charge >= 0.3 is 0 Å². The van der Waals surface area contributed by atoms with Crippen molar-refractivity contribution in [1.82, 2.24) is 13.7 Å². The Morgan fingerprint density at radius 2 is 1.01 bits per heavy atom. The van der Waals surface area contributed by atoms with Gasteiger partial charge in [-0.1, -0.05) is 182 Å². The van der Waals surface area contributed by atoms with E-state index in [0.717, 1.165) is 17.8 Å². The molecule has 0 N–H and O–H groups in total. The van der Waals surface area contributed by atoms with Gasteiger partial charge in [0.15, 0.2) is 0 Å². The molecule has 0 atom stereocenters. The zero-order valence-electron chi connectivity index (χ0n) is 46.3. The number of hydrogen-bond donors (Lipinski definition) is 0. The summed E-state index contributed by atoms with van der Waals surface area (Å²) in [5.74, 6) is 0. The second-order valence-corrected chi connectivity index (χ2v) is 26.6. The lowest BCUT2D eigenvalue weighted by Crippen LogP contribution is -2.59. The van der Waals surface area contributed by atoms with Gasteiger partial charge in [0, 0.05) is 75.4 Å². The fourth-order valence-corrected chi connectivity index (χ4v) is 16.2. The minimum Gasteiger partial charge on any atom is -0.310 e. The second kappa shape index (κ2) is 16.1. The molecule has 2 aliphatic heterocycles. The third-order valence-corrected chi connectivity index (χ3v) is 20.2. The van der Waals surface area contributed by atoms with Gasteiger partial charge < -0.3 is 18.6 Å². The summed E-state index contributed by atoms with van der Waals surface area (Å²) in [6.07, 6.45) is 2.31. The molecule has 6 heterocycles. The highest BCUT2D eigenvalue weighted by molar-refractivity contribution is 7.33. The van der Waals surface area contributed by atoms with Crippen molar-refractivity contribution in [2.45, 2.75) is 77.6 Å². The third-order valence-electron chi connectivity index (χ3n) is 19.0. The quantitative estimate of drug-likeness (QED) is 0.161. The summed E-state index contributed by atoms with van der Waals surface area (Å²) in [7, 11) is 0. The van der Waals surface area contributed by atoms with Gasteiger partial charge in [0.25, 0.3) is 6.71 Å². The molecule has 1 aliphatic carbocycles.